The Morgan fingerprint density at radius 2 is 1.81 bits per heavy atom. The Bertz CT molecular complexity index is 565. The second-order valence-electron chi connectivity index (χ2n) is 5.29. The van der Waals surface area contributed by atoms with Crippen LogP contribution in [-0.2, 0) is 16.0 Å². The highest BCUT2D eigenvalue weighted by atomic mass is 32.1. The first-order valence-corrected chi connectivity index (χ1v) is 6.77. The molecule has 1 rings (SSSR count). The van der Waals surface area contributed by atoms with E-state index < -0.39 is 11.7 Å². The van der Waals surface area contributed by atoms with Crippen molar-refractivity contribution in [3.05, 3.63) is 35.4 Å². The average Bonchev–Trinajstić information content (AvgIpc) is 2.37. The van der Waals surface area contributed by atoms with Gasteiger partial charge in [-0.3, -0.25) is 10.2 Å². The number of benzene rings is 1. The van der Waals surface area contributed by atoms with Gasteiger partial charge in [-0.15, -0.1) is 0 Å². The predicted molar refractivity (Wildman–Crippen MR) is 83.5 cm³/mol. The largest absolute Gasteiger partial charge is 0.443 e. The molecule has 0 fully saturated rings. The molecule has 0 bridgehead atoms. The second-order valence-corrected chi connectivity index (χ2v) is 5.51. The van der Waals surface area contributed by atoms with Gasteiger partial charge in [-0.25, -0.2) is 10.2 Å². The summed E-state index contributed by atoms with van der Waals surface area (Å²) in [7, 11) is 0. The van der Waals surface area contributed by atoms with Crippen LogP contribution in [0.2, 0.25) is 0 Å². The summed E-state index contributed by atoms with van der Waals surface area (Å²) in [4.78, 5) is 23.0. The van der Waals surface area contributed by atoms with Crippen molar-refractivity contribution in [2.75, 3.05) is 0 Å². The number of thiol groups is 1. The Morgan fingerprint density at radius 1 is 1.19 bits per heavy atom. The summed E-state index contributed by atoms with van der Waals surface area (Å²) in [5.41, 5.74) is 5.50. The summed E-state index contributed by atoms with van der Waals surface area (Å²) in [5.74, 6) is 2.45. The highest BCUT2D eigenvalue weighted by Gasteiger charge is 2.16. The van der Waals surface area contributed by atoms with Gasteiger partial charge in [0, 0.05) is 5.56 Å². The molecule has 0 saturated carbocycles. The predicted octanol–water partition coefficient (Wildman–Crippen LogP) is 2.02. The van der Waals surface area contributed by atoms with E-state index >= 15 is 0 Å². The zero-order valence-electron chi connectivity index (χ0n) is 12.2. The standard InChI is InChI=1S/C15H18N2O3S/c1-15(2,3)20-14(19)17-16-13(18)10-12-6-4-11(5-7-12)8-9-21/h4-7,21H,10H2,1-3H3,(H,16,18)(H,17,19). The minimum atomic E-state index is -0.699. The molecule has 0 aliphatic rings. The Hall–Kier alpha value is -2.13. The summed E-state index contributed by atoms with van der Waals surface area (Å²) in [6.45, 7) is 5.22. The molecular weight excluding hydrogens is 288 g/mol. The fourth-order valence-electron chi connectivity index (χ4n) is 1.42. The number of rotatable bonds is 2. The molecule has 1 aromatic carbocycles. The Labute approximate surface area is 129 Å². The first-order chi connectivity index (χ1) is 9.80. The normalized spacial score (nSPS) is 10.1. The van der Waals surface area contributed by atoms with Crippen molar-refractivity contribution >= 4 is 24.6 Å². The molecule has 0 atom stereocenters. The number of carbonyl (C=O) groups is 2. The highest BCUT2D eigenvalue weighted by Crippen LogP contribution is 2.06. The summed E-state index contributed by atoms with van der Waals surface area (Å²) in [6, 6.07) is 7.18. The Kier molecular flexibility index (Phi) is 6.12. The zero-order valence-corrected chi connectivity index (χ0v) is 13.1. The van der Waals surface area contributed by atoms with Gasteiger partial charge in [0.1, 0.15) is 5.60 Å². The fraction of sp³-hybridized carbons (Fsp3) is 0.333. The van der Waals surface area contributed by atoms with Gasteiger partial charge in [0.15, 0.2) is 0 Å². The van der Waals surface area contributed by atoms with Crippen molar-refractivity contribution < 1.29 is 14.3 Å². The van der Waals surface area contributed by atoms with Gasteiger partial charge >= 0.3 is 6.09 Å². The van der Waals surface area contributed by atoms with Crippen LogP contribution in [0.15, 0.2) is 24.3 Å². The Balaban J connectivity index is 2.43. The van der Waals surface area contributed by atoms with Gasteiger partial charge in [0.05, 0.1) is 6.42 Å². The van der Waals surface area contributed by atoms with Gasteiger partial charge in [0.25, 0.3) is 0 Å². The molecule has 2 N–H and O–H groups in total. The van der Waals surface area contributed by atoms with Crippen LogP contribution in [0.3, 0.4) is 0 Å². The number of hydrazine groups is 1. The van der Waals surface area contributed by atoms with E-state index in [-0.39, 0.29) is 12.3 Å². The van der Waals surface area contributed by atoms with Crippen LogP contribution in [-0.4, -0.2) is 17.6 Å². The molecule has 0 aliphatic heterocycles. The van der Waals surface area contributed by atoms with E-state index in [0.717, 1.165) is 11.1 Å². The minimum absolute atomic E-state index is 0.143. The van der Waals surface area contributed by atoms with E-state index in [2.05, 4.69) is 34.7 Å². The number of hydrogen-bond donors (Lipinski definition) is 3. The lowest BCUT2D eigenvalue weighted by atomic mass is 10.1. The quantitative estimate of drug-likeness (QED) is 0.445. The molecule has 0 saturated heterocycles. The van der Waals surface area contributed by atoms with Gasteiger partial charge in [-0.05, 0) is 43.7 Å². The summed E-state index contributed by atoms with van der Waals surface area (Å²) in [6.07, 6.45) is -0.556. The van der Waals surface area contributed by atoms with Crippen LogP contribution in [0.25, 0.3) is 0 Å². The maximum Gasteiger partial charge on any atom is 0.426 e. The average molecular weight is 306 g/mol. The van der Waals surface area contributed by atoms with Crippen molar-refractivity contribution in [1.82, 2.24) is 10.9 Å². The number of hydrogen-bond acceptors (Lipinski definition) is 4. The summed E-state index contributed by atoms with van der Waals surface area (Å²) >= 11 is 3.81. The lowest BCUT2D eigenvalue weighted by molar-refractivity contribution is -0.121. The second kappa shape index (κ2) is 7.60. The van der Waals surface area contributed by atoms with E-state index in [1.807, 2.05) is 0 Å². The van der Waals surface area contributed by atoms with Crippen LogP contribution in [0.5, 0.6) is 0 Å². The van der Waals surface area contributed by atoms with E-state index in [4.69, 9.17) is 4.74 Å². The van der Waals surface area contributed by atoms with E-state index in [1.54, 1.807) is 45.0 Å². The smallest absolute Gasteiger partial charge is 0.426 e. The maximum absolute atomic E-state index is 11.7. The van der Waals surface area contributed by atoms with Gasteiger partial charge in [0.2, 0.25) is 5.91 Å². The summed E-state index contributed by atoms with van der Waals surface area (Å²) in [5, 5.41) is 2.50. The molecule has 21 heavy (non-hydrogen) atoms. The number of carbonyl (C=O) groups excluding carboxylic acids is 2. The van der Waals surface area contributed by atoms with Crippen molar-refractivity contribution in [2.24, 2.45) is 0 Å². The first-order valence-electron chi connectivity index (χ1n) is 6.32. The molecule has 0 aliphatic carbocycles. The van der Waals surface area contributed by atoms with E-state index in [1.165, 1.54) is 0 Å². The zero-order chi connectivity index (χ0) is 15.9. The minimum Gasteiger partial charge on any atom is -0.443 e. The third kappa shape index (κ3) is 7.28. The van der Waals surface area contributed by atoms with Crippen LogP contribution in [0.4, 0.5) is 4.79 Å². The number of nitrogens with one attached hydrogen (secondary N) is 2. The van der Waals surface area contributed by atoms with Gasteiger partial charge in [-0.2, -0.15) is 0 Å². The molecule has 112 valence electrons. The van der Waals surface area contributed by atoms with E-state index in [9.17, 15) is 9.59 Å². The molecule has 2 amide bonds. The van der Waals surface area contributed by atoms with Crippen molar-refractivity contribution in [2.45, 2.75) is 32.8 Å². The Morgan fingerprint density at radius 3 is 2.33 bits per heavy atom. The van der Waals surface area contributed by atoms with Crippen molar-refractivity contribution in [3.63, 3.8) is 0 Å². The van der Waals surface area contributed by atoms with Crippen molar-refractivity contribution in [3.8, 4) is 11.2 Å². The van der Waals surface area contributed by atoms with Crippen LogP contribution in [0.1, 0.15) is 31.9 Å². The third-order valence-corrected chi connectivity index (χ3v) is 2.33. The molecule has 0 spiro atoms. The first kappa shape index (κ1) is 16.9. The monoisotopic (exact) mass is 306 g/mol. The topological polar surface area (TPSA) is 67.4 Å². The van der Waals surface area contributed by atoms with Crippen LogP contribution >= 0.6 is 12.6 Å². The molecule has 1 aromatic rings. The van der Waals surface area contributed by atoms with Crippen LogP contribution in [0, 0.1) is 11.2 Å². The lowest BCUT2D eigenvalue weighted by Crippen LogP contribution is -2.44. The summed E-state index contributed by atoms with van der Waals surface area (Å²) < 4.78 is 4.99. The van der Waals surface area contributed by atoms with Crippen LogP contribution < -0.4 is 10.9 Å². The number of amides is 2. The van der Waals surface area contributed by atoms with Gasteiger partial charge in [-0.1, -0.05) is 30.7 Å². The van der Waals surface area contributed by atoms with E-state index in [0.29, 0.717) is 0 Å². The van der Waals surface area contributed by atoms with Crippen molar-refractivity contribution in [1.29, 1.82) is 0 Å². The number of ether oxygens (including phenoxy) is 1. The fourth-order valence-corrected chi connectivity index (χ4v) is 1.55. The SMILES string of the molecule is CC(C)(C)OC(=O)NNC(=O)Cc1ccc(C#CS)cc1. The molecule has 0 heterocycles. The lowest BCUT2D eigenvalue weighted by Gasteiger charge is -2.19. The maximum atomic E-state index is 11.7. The molecule has 6 heteroatoms. The molecule has 0 unspecified atom stereocenters. The molecule has 5 nitrogen and oxygen atoms in total. The van der Waals surface area contributed by atoms with Gasteiger partial charge < -0.3 is 4.74 Å². The molecule has 0 aromatic heterocycles. The molecule has 0 radical (unpaired) electrons. The third-order valence-electron chi connectivity index (χ3n) is 2.22. The molecular formula is C15H18N2O3S. The highest BCUT2D eigenvalue weighted by molar-refractivity contribution is 7.85.